The van der Waals surface area contributed by atoms with Gasteiger partial charge in [-0.2, -0.15) is 0 Å². The standard InChI is InChI=1S/C25H24N2O5S2/c1-5-11-32-17-10-9-16(13-18(17)30-4)14-20-23(28)27-22(19-8-7-12-33-19)21(24(29)31-6-2)15(3)26-25(27)34-20/h5,7-10,12-14,22H,1,6,11H2,2-4H3/b20-14-/t22-/m0/s1. The molecule has 34 heavy (non-hydrogen) atoms. The second-order valence-corrected chi connectivity index (χ2v) is 9.32. The molecule has 3 heterocycles. The van der Waals surface area contributed by atoms with Crippen molar-refractivity contribution < 1.29 is 19.0 Å². The monoisotopic (exact) mass is 496 g/mol. The fourth-order valence-electron chi connectivity index (χ4n) is 3.70. The van der Waals surface area contributed by atoms with Gasteiger partial charge in [0.2, 0.25) is 0 Å². The predicted octanol–water partition coefficient (Wildman–Crippen LogP) is 3.43. The minimum absolute atomic E-state index is 0.220. The summed E-state index contributed by atoms with van der Waals surface area (Å²) in [4.78, 5) is 32.4. The lowest BCUT2D eigenvalue weighted by Crippen LogP contribution is -2.39. The number of allylic oxidation sites excluding steroid dienone is 1. The van der Waals surface area contributed by atoms with E-state index in [-0.39, 0.29) is 12.2 Å². The Morgan fingerprint density at radius 2 is 2.12 bits per heavy atom. The Morgan fingerprint density at radius 1 is 1.29 bits per heavy atom. The Kier molecular flexibility index (Phi) is 7.14. The highest BCUT2D eigenvalue weighted by atomic mass is 32.1. The third kappa shape index (κ3) is 4.49. The minimum atomic E-state index is -0.582. The largest absolute Gasteiger partial charge is 0.493 e. The Morgan fingerprint density at radius 3 is 2.79 bits per heavy atom. The molecule has 0 amide bonds. The number of esters is 1. The van der Waals surface area contributed by atoms with Crippen LogP contribution >= 0.6 is 22.7 Å². The molecule has 2 aromatic heterocycles. The maximum Gasteiger partial charge on any atom is 0.338 e. The number of carbonyl (C=O) groups excluding carboxylic acids is 1. The van der Waals surface area contributed by atoms with E-state index in [0.29, 0.717) is 38.7 Å². The zero-order chi connectivity index (χ0) is 24.2. The first-order valence-corrected chi connectivity index (χ1v) is 12.3. The SMILES string of the molecule is C=CCOc1ccc(/C=c2\sc3n(c2=O)[C@@H](c2cccs2)C(C(=O)OCC)=C(C)N=3)cc1OC. The summed E-state index contributed by atoms with van der Waals surface area (Å²) in [5, 5.41) is 1.92. The molecule has 0 saturated carbocycles. The number of fused-ring (bicyclic) bond motifs is 1. The maximum atomic E-state index is 13.6. The van der Waals surface area contributed by atoms with Crippen LogP contribution in [-0.2, 0) is 9.53 Å². The van der Waals surface area contributed by atoms with Gasteiger partial charge in [-0.3, -0.25) is 9.36 Å². The van der Waals surface area contributed by atoms with Crippen LogP contribution in [0, 0.1) is 0 Å². The Balaban J connectivity index is 1.85. The van der Waals surface area contributed by atoms with Crippen LogP contribution < -0.4 is 24.4 Å². The van der Waals surface area contributed by atoms with E-state index in [1.54, 1.807) is 43.7 Å². The second kappa shape index (κ2) is 10.2. The molecular formula is C25H24N2O5S2. The number of methoxy groups -OCH3 is 1. The first-order valence-electron chi connectivity index (χ1n) is 10.6. The van der Waals surface area contributed by atoms with Gasteiger partial charge in [-0.15, -0.1) is 11.3 Å². The van der Waals surface area contributed by atoms with Crippen molar-refractivity contribution in [3.8, 4) is 11.5 Å². The van der Waals surface area contributed by atoms with Gasteiger partial charge in [-0.05, 0) is 49.1 Å². The van der Waals surface area contributed by atoms with Crippen molar-refractivity contribution in [3.63, 3.8) is 0 Å². The van der Waals surface area contributed by atoms with Crippen molar-refractivity contribution in [2.24, 2.45) is 4.99 Å². The number of nitrogens with zero attached hydrogens (tertiary/aromatic N) is 2. The molecule has 1 aliphatic heterocycles. The van der Waals surface area contributed by atoms with E-state index < -0.39 is 12.0 Å². The molecule has 0 aliphatic carbocycles. The van der Waals surface area contributed by atoms with E-state index in [9.17, 15) is 9.59 Å². The molecule has 3 aromatic rings. The summed E-state index contributed by atoms with van der Waals surface area (Å²) in [5.41, 5.74) is 1.49. The van der Waals surface area contributed by atoms with Crippen LogP contribution in [0.1, 0.15) is 30.3 Å². The van der Waals surface area contributed by atoms with Gasteiger partial charge in [0.15, 0.2) is 16.3 Å². The normalized spacial score (nSPS) is 15.5. The molecule has 0 radical (unpaired) electrons. The van der Waals surface area contributed by atoms with Crippen molar-refractivity contribution in [3.05, 3.63) is 89.8 Å². The average molecular weight is 497 g/mol. The first kappa shape index (κ1) is 23.7. The Hall–Kier alpha value is -3.43. The van der Waals surface area contributed by atoms with Gasteiger partial charge in [-0.1, -0.05) is 36.1 Å². The molecule has 1 aliphatic rings. The summed E-state index contributed by atoms with van der Waals surface area (Å²) >= 11 is 2.76. The van der Waals surface area contributed by atoms with Crippen molar-refractivity contribution in [2.75, 3.05) is 20.3 Å². The Bertz CT molecular complexity index is 1430. The van der Waals surface area contributed by atoms with Crippen molar-refractivity contribution in [1.29, 1.82) is 0 Å². The lowest BCUT2D eigenvalue weighted by atomic mass is 10.0. The van der Waals surface area contributed by atoms with Crippen LogP contribution in [0.15, 0.2) is 69.4 Å². The zero-order valence-electron chi connectivity index (χ0n) is 19.1. The third-order valence-corrected chi connectivity index (χ3v) is 7.08. The zero-order valence-corrected chi connectivity index (χ0v) is 20.7. The molecule has 4 rings (SSSR count). The van der Waals surface area contributed by atoms with E-state index in [2.05, 4.69) is 11.6 Å². The molecule has 0 saturated heterocycles. The molecule has 7 nitrogen and oxygen atoms in total. The number of rotatable bonds is 8. The fraction of sp³-hybridized carbons (Fsp3) is 0.240. The quantitative estimate of drug-likeness (QED) is 0.353. The molecule has 176 valence electrons. The third-order valence-electron chi connectivity index (χ3n) is 5.17. The van der Waals surface area contributed by atoms with Crippen molar-refractivity contribution >= 4 is 34.7 Å². The summed E-state index contributed by atoms with van der Waals surface area (Å²) in [7, 11) is 1.56. The number of hydrogen-bond acceptors (Lipinski definition) is 8. The van der Waals surface area contributed by atoms with Gasteiger partial charge in [0.25, 0.3) is 5.56 Å². The number of carbonyl (C=O) groups is 1. The molecular weight excluding hydrogens is 472 g/mol. The highest BCUT2D eigenvalue weighted by molar-refractivity contribution is 7.10. The predicted molar refractivity (Wildman–Crippen MR) is 133 cm³/mol. The summed E-state index contributed by atoms with van der Waals surface area (Å²) in [6.45, 7) is 7.79. The average Bonchev–Trinajstić information content (AvgIpc) is 3.46. The van der Waals surface area contributed by atoms with Crippen LogP contribution in [-0.4, -0.2) is 30.9 Å². The Labute approximate surface area is 204 Å². The van der Waals surface area contributed by atoms with Crippen LogP contribution in [0.3, 0.4) is 0 Å². The molecule has 0 spiro atoms. The molecule has 0 bridgehead atoms. The fourth-order valence-corrected chi connectivity index (χ4v) is 5.57. The van der Waals surface area contributed by atoms with Crippen LogP contribution in [0.4, 0.5) is 0 Å². The first-order chi connectivity index (χ1) is 16.5. The second-order valence-electron chi connectivity index (χ2n) is 7.33. The van der Waals surface area contributed by atoms with Crippen molar-refractivity contribution in [2.45, 2.75) is 19.9 Å². The van der Waals surface area contributed by atoms with Crippen LogP contribution in [0.2, 0.25) is 0 Å². The summed E-state index contributed by atoms with van der Waals surface area (Å²) in [5.74, 6) is 0.685. The van der Waals surface area contributed by atoms with E-state index in [4.69, 9.17) is 14.2 Å². The molecule has 0 fully saturated rings. The van der Waals surface area contributed by atoms with Crippen molar-refractivity contribution in [1.82, 2.24) is 4.57 Å². The van der Waals surface area contributed by atoms with Gasteiger partial charge in [0.05, 0.1) is 29.5 Å². The van der Waals surface area contributed by atoms with Crippen LogP contribution in [0.25, 0.3) is 6.08 Å². The highest BCUT2D eigenvalue weighted by Crippen LogP contribution is 2.33. The van der Waals surface area contributed by atoms with E-state index >= 15 is 0 Å². The molecule has 9 heteroatoms. The number of aromatic nitrogens is 1. The number of ether oxygens (including phenoxy) is 3. The highest BCUT2D eigenvalue weighted by Gasteiger charge is 2.33. The summed E-state index contributed by atoms with van der Waals surface area (Å²) in [6, 6.07) is 8.69. The molecule has 1 aromatic carbocycles. The summed E-state index contributed by atoms with van der Waals surface area (Å²) < 4.78 is 18.4. The van der Waals surface area contributed by atoms with Gasteiger partial charge in [-0.25, -0.2) is 9.79 Å². The van der Waals surface area contributed by atoms with E-state index in [0.717, 1.165) is 10.4 Å². The van der Waals surface area contributed by atoms with E-state index in [1.807, 2.05) is 29.6 Å². The summed E-state index contributed by atoms with van der Waals surface area (Å²) in [6.07, 6.45) is 3.45. The number of thiophene rings is 1. The lowest BCUT2D eigenvalue weighted by Gasteiger charge is -2.23. The smallest absolute Gasteiger partial charge is 0.338 e. The van der Waals surface area contributed by atoms with Crippen LogP contribution in [0.5, 0.6) is 11.5 Å². The molecule has 0 unspecified atom stereocenters. The topological polar surface area (TPSA) is 79.1 Å². The minimum Gasteiger partial charge on any atom is -0.493 e. The maximum absolute atomic E-state index is 13.6. The van der Waals surface area contributed by atoms with Gasteiger partial charge in [0.1, 0.15) is 12.6 Å². The van der Waals surface area contributed by atoms with Gasteiger partial charge < -0.3 is 14.2 Å². The van der Waals surface area contributed by atoms with E-state index in [1.165, 1.54) is 22.7 Å². The number of benzene rings is 1. The lowest BCUT2D eigenvalue weighted by molar-refractivity contribution is -0.139. The molecule has 0 N–H and O–H groups in total. The van der Waals surface area contributed by atoms with Gasteiger partial charge >= 0.3 is 5.97 Å². The molecule has 1 atom stereocenters. The number of thiazole rings is 1. The van der Waals surface area contributed by atoms with Gasteiger partial charge in [0, 0.05) is 4.88 Å². The number of hydrogen-bond donors (Lipinski definition) is 0.